The van der Waals surface area contributed by atoms with Crippen molar-refractivity contribution in [1.29, 1.82) is 0 Å². The van der Waals surface area contributed by atoms with Gasteiger partial charge in [0.15, 0.2) is 0 Å². The predicted octanol–water partition coefficient (Wildman–Crippen LogP) is -0.831. The molecule has 0 spiro atoms. The molecule has 3 saturated heterocycles. The summed E-state index contributed by atoms with van der Waals surface area (Å²) in [6.45, 7) is 2.29. The van der Waals surface area contributed by atoms with E-state index in [4.69, 9.17) is 10.5 Å². The summed E-state index contributed by atoms with van der Waals surface area (Å²) in [4.78, 5) is 2.48. The molecule has 10 heavy (non-hydrogen) atoms. The van der Waals surface area contributed by atoms with Crippen molar-refractivity contribution in [2.24, 2.45) is 5.73 Å². The molecule has 0 aromatic rings. The number of hydrogen-bond acceptors (Lipinski definition) is 3. The zero-order chi connectivity index (χ0) is 6.72. The monoisotopic (exact) mass is 140 g/mol. The summed E-state index contributed by atoms with van der Waals surface area (Å²) in [5.74, 6) is 0. The van der Waals surface area contributed by atoms with Gasteiger partial charge in [-0.3, -0.25) is 4.90 Å². The number of nitrogens with zero attached hydrogens (tertiary/aromatic N) is 1. The second-order valence-corrected chi connectivity index (χ2v) is 3.56. The van der Waals surface area contributed by atoms with Gasteiger partial charge in [-0.25, -0.2) is 0 Å². The van der Waals surface area contributed by atoms with E-state index in [2.05, 4.69) is 4.90 Å². The highest BCUT2D eigenvalue weighted by atomic mass is 16.5. The van der Waals surface area contributed by atoms with Gasteiger partial charge in [-0.2, -0.15) is 0 Å². The van der Waals surface area contributed by atoms with Gasteiger partial charge in [-0.1, -0.05) is 0 Å². The molecule has 0 amide bonds. The minimum atomic E-state index is 0.312. The standard InChI is InChI=1S/C7H12N2O/c8-6-5-3-9-2-1-4(10-5)7(6)9/h4-7H,1-3,8H2/t4-,5-,6+,7+/m1/s1. The summed E-state index contributed by atoms with van der Waals surface area (Å²) in [5, 5.41) is 0. The molecule has 0 radical (unpaired) electrons. The van der Waals surface area contributed by atoms with Crippen molar-refractivity contribution in [3.63, 3.8) is 0 Å². The van der Waals surface area contributed by atoms with E-state index in [1.54, 1.807) is 0 Å². The van der Waals surface area contributed by atoms with Crippen molar-refractivity contribution >= 4 is 0 Å². The Kier molecular flexibility index (Phi) is 0.854. The molecule has 3 fully saturated rings. The molecule has 4 atom stereocenters. The summed E-state index contributed by atoms with van der Waals surface area (Å²) in [6, 6.07) is 0.887. The average Bonchev–Trinajstić information content (AvgIpc) is 2.44. The molecule has 2 bridgehead atoms. The Morgan fingerprint density at radius 1 is 1.40 bits per heavy atom. The van der Waals surface area contributed by atoms with Crippen molar-refractivity contribution in [3.05, 3.63) is 0 Å². The van der Waals surface area contributed by atoms with Gasteiger partial charge < -0.3 is 10.5 Å². The number of hydrogen-bond donors (Lipinski definition) is 1. The van der Waals surface area contributed by atoms with Crippen LogP contribution in [0.2, 0.25) is 0 Å². The van der Waals surface area contributed by atoms with Crippen molar-refractivity contribution in [1.82, 2.24) is 4.90 Å². The van der Waals surface area contributed by atoms with Crippen LogP contribution in [0.3, 0.4) is 0 Å². The van der Waals surface area contributed by atoms with Crippen LogP contribution < -0.4 is 5.73 Å². The highest BCUT2D eigenvalue weighted by molar-refractivity contribution is 5.10. The first-order valence-corrected chi connectivity index (χ1v) is 4.01. The minimum Gasteiger partial charge on any atom is -0.370 e. The molecule has 56 valence electrons. The van der Waals surface area contributed by atoms with E-state index >= 15 is 0 Å². The number of fused-ring (bicyclic) bond motifs is 1. The molecule has 0 aliphatic carbocycles. The van der Waals surface area contributed by atoms with Crippen LogP contribution >= 0.6 is 0 Å². The van der Waals surface area contributed by atoms with E-state index in [9.17, 15) is 0 Å². The normalized spacial score (nSPS) is 58.5. The maximum Gasteiger partial charge on any atom is 0.0873 e. The third kappa shape index (κ3) is 0.447. The number of rotatable bonds is 0. The molecule has 3 aliphatic heterocycles. The molecular formula is C7H12N2O. The summed E-state index contributed by atoms with van der Waals surface area (Å²) in [5.41, 5.74) is 5.94. The first-order valence-electron chi connectivity index (χ1n) is 4.01. The Morgan fingerprint density at radius 2 is 2.30 bits per heavy atom. The van der Waals surface area contributed by atoms with Gasteiger partial charge in [0.1, 0.15) is 0 Å². The molecule has 2 N–H and O–H groups in total. The lowest BCUT2D eigenvalue weighted by Gasteiger charge is -2.21. The molecule has 3 nitrogen and oxygen atoms in total. The van der Waals surface area contributed by atoms with Crippen molar-refractivity contribution in [2.45, 2.75) is 30.7 Å². The smallest absolute Gasteiger partial charge is 0.0873 e. The first kappa shape index (κ1) is 5.52. The topological polar surface area (TPSA) is 38.5 Å². The van der Waals surface area contributed by atoms with Crippen LogP contribution in [0.15, 0.2) is 0 Å². The Hall–Kier alpha value is -0.120. The van der Waals surface area contributed by atoms with Gasteiger partial charge in [-0.15, -0.1) is 0 Å². The molecule has 0 unspecified atom stereocenters. The highest BCUT2D eigenvalue weighted by Crippen LogP contribution is 2.38. The number of ether oxygens (including phenoxy) is 1. The van der Waals surface area contributed by atoms with E-state index in [0.717, 1.165) is 6.54 Å². The zero-order valence-corrected chi connectivity index (χ0v) is 5.86. The lowest BCUT2D eigenvalue weighted by atomic mass is 10.1. The van der Waals surface area contributed by atoms with Crippen molar-refractivity contribution in [3.8, 4) is 0 Å². The van der Waals surface area contributed by atoms with Gasteiger partial charge in [0.25, 0.3) is 0 Å². The zero-order valence-electron chi connectivity index (χ0n) is 5.86. The van der Waals surface area contributed by atoms with E-state index in [-0.39, 0.29) is 0 Å². The molecule has 3 rings (SSSR count). The lowest BCUT2D eigenvalue weighted by Crippen LogP contribution is -2.38. The summed E-state index contributed by atoms with van der Waals surface area (Å²) >= 11 is 0. The fourth-order valence-corrected chi connectivity index (χ4v) is 2.63. The molecule has 0 aromatic carbocycles. The summed E-state index contributed by atoms with van der Waals surface area (Å²) in [6.07, 6.45) is 2.04. The summed E-state index contributed by atoms with van der Waals surface area (Å²) in [7, 11) is 0. The van der Waals surface area contributed by atoms with Crippen LogP contribution in [0.4, 0.5) is 0 Å². The van der Waals surface area contributed by atoms with Crippen LogP contribution in [-0.2, 0) is 4.74 Å². The SMILES string of the molecule is N[C@@H]1[C@@H]2[C@H]3CCN2C[C@H]1O3. The first-order chi connectivity index (χ1) is 4.86. The Morgan fingerprint density at radius 3 is 2.90 bits per heavy atom. The maximum atomic E-state index is 5.94. The van der Waals surface area contributed by atoms with Crippen LogP contribution in [0.25, 0.3) is 0 Å². The quantitative estimate of drug-likeness (QED) is 0.477. The fraction of sp³-hybridized carbons (Fsp3) is 1.00. The molecule has 0 saturated carbocycles. The Bertz CT molecular complexity index is 156. The Labute approximate surface area is 60.1 Å². The van der Waals surface area contributed by atoms with Gasteiger partial charge in [0, 0.05) is 13.1 Å². The highest BCUT2D eigenvalue weighted by Gasteiger charge is 2.55. The van der Waals surface area contributed by atoms with Gasteiger partial charge in [-0.05, 0) is 6.42 Å². The van der Waals surface area contributed by atoms with Crippen molar-refractivity contribution < 1.29 is 4.74 Å². The second-order valence-electron chi connectivity index (χ2n) is 3.56. The van der Waals surface area contributed by atoms with Crippen LogP contribution in [0, 0.1) is 0 Å². The Balaban J connectivity index is 2.01. The molecule has 0 aromatic heterocycles. The second kappa shape index (κ2) is 1.55. The summed E-state index contributed by atoms with van der Waals surface area (Å²) < 4.78 is 5.70. The molecule has 3 aliphatic rings. The van der Waals surface area contributed by atoms with E-state index in [1.807, 2.05) is 0 Å². The van der Waals surface area contributed by atoms with Crippen LogP contribution in [0.1, 0.15) is 6.42 Å². The van der Waals surface area contributed by atoms with E-state index in [1.165, 1.54) is 13.0 Å². The maximum absolute atomic E-state index is 5.94. The average molecular weight is 140 g/mol. The number of morpholine rings is 1. The molecular weight excluding hydrogens is 128 g/mol. The third-order valence-electron chi connectivity index (χ3n) is 3.09. The van der Waals surface area contributed by atoms with Gasteiger partial charge in [0.2, 0.25) is 0 Å². The largest absolute Gasteiger partial charge is 0.370 e. The number of nitrogens with two attached hydrogens (primary N) is 1. The predicted molar refractivity (Wildman–Crippen MR) is 36.6 cm³/mol. The molecule has 3 heteroatoms. The van der Waals surface area contributed by atoms with Crippen LogP contribution in [0.5, 0.6) is 0 Å². The minimum absolute atomic E-state index is 0.312. The fourth-order valence-electron chi connectivity index (χ4n) is 2.63. The van der Waals surface area contributed by atoms with Gasteiger partial charge in [0.05, 0.1) is 24.3 Å². The van der Waals surface area contributed by atoms with Gasteiger partial charge >= 0.3 is 0 Å². The molecule has 3 heterocycles. The van der Waals surface area contributed by atoms with E-state index in [0.29, 0.717) is 24.3 Å². The third-order valence-corrected chi connectivity index (χ3v) is 3.09. The van der Waals surface area contributed by atoms with Crippen LogP contribution in [-0.4, -0.2) is 42.3 Å². The van der Waals surface area contributed by atoms with E-state index < -0.39 is 0 Å². The lowest BCUT2D eigenvalue weighted by molar-refractivity contribution is 0.00885. The van der Waals surface area contributed by atoms with Crippen molar-refractivity contribution in [2.75, 3.05) is 13.1 Å².